The zero-order valence-electron chi connectivity index (χ0n) is 15.5. The molecule has 1 aliphatic heterocycles. The molecule has 5 nitrogen and oxygen atoms in total. The van der Waals surface area contributed by atoms with Gasteiger partial charge in [-0.25, -0.2) is 0 Å². The van der Waals surface area contributed by atoms with Crippen LogP contribution in [0.25, 0.3) is 11.0 Å². The zero-order chi connectivity index (χ0) is 19.1. The minimum Gasteiger partial charge on any atom is -0.464 e. The van der Waals surface area contributed by atoms with Crippen molar-refractivity contribution in [3.63, 3.8) is 0 Å². The number of primary amides is 1. The maximum atomic E-state index is 13.1. The number of benzene rings is 2. The van der Waals surface area contributed by atoms with Gasteiger partial charge in [-0.15, -0.1) is 0 Å². The predicted octanol–water partition coefficient (Wildman–Crippen LogP) is 3.03. The highest BCUT2D eigenvalue weighted by Gasteiger charge is 2.33. The molecule has 2 amide bonds. The van der Waals surface area contributed by atoms with Crippen LogP contribution in [0, 0.1) is 13.8 Å². The van der Waals surface area contributed by atoms with Gasteiger partial charge in [0.05, 0.1) is 12.7 Å². The topological polar surface area (TPSA) is 76.5 Å². The summed E-state index contributed by atoms with van der Waals surface area (Å²) in [5, 5.41) is 0.944. The Morgan fingerprint density at radius 2 is 1.85 bits per heavy atom. The van der Waals surface area contributed by atoms with Crippen molar-refractivity contribution in [2.75, 3.05) is 0 Å². The van der Waals surface area contributed by atoms with Gasteiger partial charge in [-0.2, -0.15) is 0 Å². The van der Waals surface area contributed by atoms with Gasteiger partial charge in [0.25, 0.3) is 0 Å². The second-order valence-corrected chi connectivity index (χ2v) is 7.28. The van der Waals surface area contributed by atoms with Crippen molar-refractivity contribution in [1.82, 2.24) is 4.90 Å². The van der Waals surface area contributed by atoms with Crippen LogP contribution in [0.15, 0.2) is 47.1 Å². The second kappa shape index (κ2) is 6.58. The molecule has 0 unspecified atom stereocenters. The fraction of sp³-hybridized carbons (Fsp3) is 0.273. The Morgan fingerprint density at radius 1 is 1.15 bits per heavy atom. The van der Waals surface area contributed by atoms with Crippen LogP contribution in [0.4, 0.5) is 0 Å². The predicted molar refractivity (Wildman–Crippen MR) is 103 cm³/mol. The first-order valence-electron chi connectivity index (χ1n) is 9.07. The van der Waals surface area contributed by atoms with E-state index in [0.717, 1.165) is 38.8 Å². The number of hydrogen-bond donors (Lipinski definition) is 1. The van der Waals surface area contributed by atoms with E-state index in [9.17, 15) is 9.59 Å². The molecular formula is C22H22N2O3. The molecular weight excluding hydrogens is 340 g/mol. The van der Waals surface area contributed by atoms with Gasteiger partial charge in [-0.1, -0.05) is 24.3 Å². The summed E-state index contributed by atoms with van der Waals surface area (Å²) >= 11 is 0. The molecule has 4 rings (SSSR count). The Labute approximate surface area is 157 Å². The zero-order valence-corrected chi connectivity index (χ0v) is 15.5. The molecule has 0 spiro atoms. The molecule has 138 valence electrons. The minimum atomic E-state index is -0.616. The molecule has 0 saturated carbocycles. The third-order valence-corrected chi connectivity index (χ3v) is 5.51. The molecule has 3 aromatic rings. The summed E-state index contributed by atoms with van der Waals surface area (Å²) in [5.74, 6) is -0.587. The highest BCUT2D eigenvalue weighted by Crippen LogP contribution is 2.28. The Balaban J connectivity index is 1.64. The van der Waals surface area contributed by atoms with E-state index < -0.39 is 11.9 Å². The average Bonchev–Trinajstić information content (AvgIpc) is 3.02. The van der Waals surface area contributed by atoms with Crippen molar-refractivity contribution in [1.29, 1.82) is 0 Å². The van der Waals surface area contributed by atoms with E-state index in [4.69, 9.17) is 10.2 Å². The van der Waals surface area contributed by atoms with E-state index in [2.05, 4.69) is 0 Å². The number of carbonyl (C=O) groups excluding carboxylic acids is 2. The van der Waals surface area contributed by atoms with Crippen LogP contribution in [0.5, 0.6) is 0 Å². The van der Waals surface area contributed by atoms with E-state index in [1.54, 1.807) is 11.2 Å². The Morgan fingerprint density at radius 3 is 2.59 bits per heavy atom. The molecule has 0 fully saturated rings. The fourth-order valence-electron chi connectivity index (χ4n) is 3.78. The molecule has 1 aliphatic rings. The average molecular weight is 362 g/mol. The maximum Gasteiger partial charge on any atom is 0.240 e. The van der Waals surface area contributed by atoms with Crippen molar-refractivity contribution in [2.45, 2.75) is 39.3 Å². The minimum absolute atomic E-state index is 0.116. The third kappa shape index (κ3) is 3.10. The summed E-state index contributed by atoms with van der Waals surface area (Å²) in [6, 6.07) is 11.3. The lowest BCUT2D eigenvalue weighted by molar-refractivity contribution is -0.140. The molecule has 0 aliphatic carbocycles. The summed E-state index contributed by atoms with van der Waals surface area (Å²) in [4.78, 5) is 26.6. The third-order valence-electron chi connectivity index (χ3n) is 5.51. The first kappa shape index (κ1) is 17.3. The number of nitrogens with two attached hydrogens (primary N) is 1. The lowest BCUT2D eigenvalue weighted by Crippen LogP contribution is -2.51. The highest BCUT2D eigenvalue weighted by molar-refractivity contribution is 5.91. The molecule has 0 radical (unpaired) electrons. The van der Waals surface area contributed by atoms with Gasteiger partial charge in [0.2, 0.25) is 11.8 Å². The molecule has 2 aromatic carbocycles. The van der Waals surface area contributed by atoms with Gasteiger partial charge in [0, 0.05) is 23.9 Å². The van der Waals surface area contributed by atoms with Crippen molar-refractivity contribution < 1.29 is 14.0 Å². The summed E-state index contributed by atoms with van der Waals surface area (Å²) in [7, 11) is 0. The lowest BCUT2D eigenvalue weighted by Gasteiger charge is -2.35. The Hall–Kier alpha value is -3.08. The molecule has 2 heterocycles. The van der Waals surface area contributed by atoms with E-state index in [0.29, 0.717) is 13.0 Å². The number of nitrogens with zero attached hydrogens (tertiary/aromatic N) is 1. The number of furan rings is 1. The molecule has 0 bridgehead atoms. The van der Waals surface area contributed by atoms with Crippen molar-refractivity contribution in [3.8, 4) is 0 Å². The van der Waals surface area contributed by atoms with Crippen LogP contribution in [-0.2, 0) is 29.0 Å². The normalized spacial score (nSPS) is 16.4. The maximum absolute atomic E-state index is 13.1. The quantitative estimate of drug-likeness (QED) is 0.778. The molecule has 1 aromatic heterocycles. The van der Waals surface area contributed by atoms with Crippen molar-refractivity contribution in [2.24, 2.45) is 5.73 Å². The summed E-state index contributed by atoms with van der Waals surface area (Å²) in [6.45, 7) is 4.47. The van der Waals surface area contributed by atoms with Gasteiger partial charge in [0.15, 0.2) is 0 Å². The second-order valence-electron chi connectivity index (χ2n) is 7.28. The molecule has 27 heavy (non-hydrogen) atoms. The fourth-order valence-corrected chi connectivity index (χ4v) is 3.78. The van der Waals surface area contributed by atoms with Gasteiger partial charge < -0.3 is 15.1 Å². The Kier molecular flexibility index (Phi) is 4.22. The SMILES string of the molecule is Cc1cc2occ(CC(=O)N3Cc4ccccc4C[C@H]3C(N)=O)c2cc1C. The first-order chi connectivity index (χ1) is 12.9. The molecule has 1 atom stereocenters. The van der Waals surface area contributed by atoms with E-state index in [1.807, 2.05) is 50.2 Å². The Bertz CT molecular complexity index is 1050. The van der Waals surface area contributed by atoms with Crippen LogP contribution in [0.2, 0.25) is 0 Å². The number of rotatable bonds is 3. The van der Waals surface area contributed by atoms with Gasteiger partial charge in [-0.3, -0.25) is 9.59 Å². The molecule has 0 saturated heterocycles. The first-order valence-corrected chi connectivity index (χ1v) is 9.07. The van der Waals surface area contributed by atoms with Crippen LogP contribution in [-0.4, -0.2) is 22.8 Å². The van der Waals surface area contributed by atoms with Crippen LogP contribution >= 0.6 is 0 Å². The molecule has 2 N–H and O–H groups in total. The summed E-state index contributed by atoms with van der Waals surface area (Å²) in [6.07, 6.45) is 2.28. The summed E-state index contributed by atoms with van der Waals surface area (Å²) in [5.41, 5.74) is 11.6. The van der Waals surface area contributed by atoms with Crippen LogP contribution < -0.4 is 5.73 Å². The largest absolute Gasteiger partial charge is 0.464 e. The van der Waals surface area contributed by atoms with Crippen molar-refractivity contribution in [3.05, 3.63) is 70.5 Å². The van der Waals surface area contributed by atoms with E-state index in [-0.39, 0.29) is 12.3 Å². The standard InChI is InChI=1S/C22H22N2O3/c1-13-7-18-17(12-27-20(18)8-14(13)2)10-21(25)24-11-16-6-4-3-5-15(16)9-19(24)22(23)26/h3-8,12,19H,9-11H2,1-2H3,(H2,23,26)/t19-/m0/s1. The number of fused-ring (bicyclic) bond motifs is 2. The van der Waals surface area contributed by atoms with Crippen LogP contribution in [0.3, 0.4) is 0 Å². The monoisotopic (exact) mass is 362 g/mol. The lowest BCUT2D eigenvalue weighted by atomic mass is 9.93. The summed E-state index contributed by atoms with van der Waals surface area (Å²) < 4.78 is 5.64. The van der Waals surface area contributed by atoms with Crippen LogP contribution in [0.1, 0.15) is 27.8 Å². The number of aryl methyl sites for hydroxylation is 2. The van der Waals surface area contributed by atoms with Gasteiger partial charge in [0.1, 0.15) is 11.6 Å². The van der Waals surface area contributed by atoms with Crippen molar-refractivity contribution >= 4 is 22.8 Å². The van der Waals surface area contributed by atoms with Gasteiger partial charge >= 0.3 is 0 Å². The smallest absolute Gasteiger partial charge is 0.240 e. The molecule has 5 heteroatoms. The van der Waals surface area contributed by atoms with Gasteiger partial charge in [-0.05, 0) is 48.2 Å². The van der Waals surface area contributed by atoms with E-state index in [1.165, 1.54) is 0 Å². The highest BCUT2D eigenvalue weighted by atomic mass is 16.3. The van der Waals surface area contributed by atoms with E-state index >= 15 is 0 Å². The number of amides is 2. The number of carbonyl (C=O) groups is 2. The number of hydrogen-bond acceptors (Lipinski definition) is 3.